The molecular formula is C13H27N2O7P. The average Bonchev–Trinajstić information content (AvgIpc) is 2.50. The molecule has 0 aromatic heterocycles. The third kappa shape index (κ3) is 9.02. The van der Waals surface area contributed by atoms with Crippen LogP contribution >= 0.6 is 7.82 Å². The largest absolute Gasteiger partial charge is 0.471 e. The van der Waals surface area contributed by atoms with Crippen molar-refractivity contribution < 1.29 is 33.2 Å². The molecule has 0 aromatic carbocycles. The molecule has 2 amide bonds. The Balaban J connectivity index is 4.30. The minimum atomic E-state index is -4.18. The summed E-state index contributed by atoms with van der Waals surface area (Å²) in [6, 6.07) is 0. The van der Waals surface area contributed by atoms with Crippen LogP contribution in [0, 0.1) is 5.41 Å². The summed E-state index contributed by atoms with van der Waals surface area (Å²) in [5.41, 5.74) is -1.12. The van der Waals surface area contributed by atoms with E-state index in [9.17, 15) is 19.3 Å². The third-order valence-electron chi connectivity index (χ3n) is 3.04. The average molecular weight is 354 g/mol. The van der Waals surface area contributed by atoms with Crippen molar-refractivity contribution in [1.29, 1.82) is 0 Å². The molecule has 0 aliphatic carbocycles. The molecule has 0 aliphatic rings. The van der Waals surface area contributed by atoms with Gasteiger partial charge in [-0.3, -0.25) is 18.6 Å². The summed E-state index contributed by atoms with van der Waals surface area (Å²) in [6.45, 7) is 5.22. The summed E-state index contributed by atoms with van der Waals surface area (Å²) in [6.07, 6.45) is -0.551. The second kappa shape index (κ2) is 10.00. The number of phosphoric acid groups is 1. The number of hydrogen-bond acceptors (Lipinski definition) is 6. The first-order valence-corrected chi connectivity index (χ1v) is 8.81. The van der Waals surface area contributed by atoms with E-state index < -0.39 is 25.2 Å². The molecule has 1 unspecified atom stereocenters. The summed E-state index contributed by atoms with van der Waals surface area (Å²) in [5.74, 6) is -0.877. The fourth-order valence-corrected chi connectivity index (χ4v) is 2.08. The van der Waals surface area contributed by atoms with Gasteiger partial charge >= 0.3 is 7.82 Å². The fraction of sp³-hybridized carbons (Fsp3) is 0.846. The van der Waals surface area contributed by atoms with Gasteiger partial charge in [0.2, 0.25) is 11.8 Å². The van der Waals surface area contributed by atoms with Crippen molar-refractivity contribution in [3.63, 3.8) is 0 Å². The zero-order valence-corrected chi connectivity index (χ0v) is 14.9. The Morgan fingerprint density at radius 3 is 2.39 bits per heavy atom. The summed E-state index contributed by atoms with van der Waals surface area (Å²) in [5, 5.41) is 15.1. The van der Waals surface area contributed by atoms with Gasteiger partial charge in [0.05, 0.1) is 6.61 Å². The number of aliphatic hydroxyl groups excluding tert-OH is 1. The van der Waals surface area contributed by atoms with Crippen molar-refractivity contribution in [2.45, 2.75) is 39.7 Å². The van der Waals surface area contributed by atoms with Gasteiger partial charge in [-0.05, 0) is 6.42 Å². The van der Waals surface area contributed by atoms with Gasteiger partial charge < -0.3 is 20.6 Å². The van der Waals surface area contributed by atoms with E-state index in [1.54, 1.807) is 0 Å². The number of carbonyl (C=O) groups excluding carboxylic acids is 2. The first-order chi connectivity index (χ1) is 10.6. The van der Waals surface area contributed by atoms with Crippen LogP contribution in [0.5, 0.6) is 0 Å². The fourth-order valence-electron chi connectivity index (χ4n) is 1.48. The molecule has 0 heterocycles. The smallest absolute Gasteiger partial charge is 0.383 e. The van der Waals surface area contributed by atoms with Crippen LogP contribution in [-0.4, -0.2) is 54.7 Å². The van der Waals surface area contributed by atoms with Gasteiger partial charge in [-0.25, -0.2) is 4.57 Å². The van der Waals surface area contributed by atoms with E-state index in [4.69, 9.17) is 4.89 Å². The second-order valence-corrected chi connectivity index (χ2v) is 7.27. The van der Waals surface area contributed by atoms with Gasteiger partial charge in [-0.2, -0.15) is 0 Å². The van der Waals surface area contributed by atoms with Gasteiger partial charge in [-0.1, -0.05) is 20.8 Å². The zero-order valence-electron chi connectivity index (χ0n) is 14.0. The zero-order chi connectivity index (χ0) is 18.1. The van der Waals surface area contributed by atoms with Crippen molar-refractivity contribution in [1.82, 2.24) is 10.6 Å². The lowest BCUT2D eigenvalue weighted by molar-refractivity contribution is -0.137. The monoisotopic (exact) mass is 354 g/mol. The highest BCUT2D eigenvalue weighted by Gasteiger charge is 2.36. The van der Waals surface area contributed by atoms with E-state index in [1.165, 1.54) is 13.8 Å². The lowest BCUT2D eigenvalue weighted by Gasteiger charge is -2.29. The van der Waals surface area contributed by atoms with Gasteiger partial charge in [-0.15, -0.1) is 0 Å². The van der Waals surface area contributed by atoms with E-state index in [1.807, 2.05) is 6.92 Å². The van der Waals surface area contributed by atoms with Crippen LogP contribution in [-0.2, 0) is 23.2 Å². The van der Waals surface area contributed by atoms with Crippen molar-refractivity contribution in [2.75, 3.05) is 26.8 Å². The normalized spacial score (nSPS) is 15.6. The van der Waals surface area contributed by atoms with E-state index in [0.29, 0.717) is 6.54 Å². The van der Waals surface area contributed by atoms with Crippen molar-refractivity contribution in [3.05, 3.63) is 0 Å². The Morgan fingerprint density at radius 2 is 1.87 bits per heavy atom. The van der Waals surface area contributed by atoms with Crippen LogP contribution < -0.4 is 10.6 Å². The standard InChI is InChI=1S/C13H27N2O7P/c1-5-7-14-10(16)6-8-15-12(18)11(17)13(2,3)9-22-23(19,20)21-4/h11,17H,5-9H2,1-4H3,(H,14,16)(H,15,18)(H,19,20)/t11-/m1/s1. The molecule has 0 radical (unpaired) electrons. The Kier molecular flexibility index (Phi) is 9.57. The van der Waals surface area contributed by atoms with E-state index in [0.717, 1.165) is 13.5 Å². The molecule has 0 saturated heterocycles. The second-order valence-electron chi connectivity index (χ2n) is 5.71. The minimum absolute atomic E-state index is 0.0823. The van der Waals surface area contributed by atoms with Gasteiger partial charge in [0.25, 0.3) is 0 Å². The number of aliphatic hydroxyl groups is 1. The van der Waals surface area contributed by atoms with Crippen molar-refractivity contribution in [3.8, 4) is 0 Å². The Morgan fingerprint density at radius 1 is 1.26 bits per heavy atom. The lowest BCUT2D eigenvalue weighted by Crippen LogP contribution is -2.46. The molecule has 0 aromatic rings. The van der Waals surface area contributed by atoms with E-state index in [-0.39, 0.29) is 25.5 Å². The predicted octanol–water partition coefficient (Wildman–Crippen LogP) is 0.169. The van der Waals surface area contributed by atoms with Gasteiger partial charge in [0.1, 0.15) is 6.10 Å². The highest BCUT2D eigenvalue weighted by atomic mass is 31.2. The molecule has 10 heteroatoms. The van der Waals surface area contributed by atoms with Crippen LogP contribution in [0.1, 0.15) is 33.6 Å². The predicted molar refractivity (Wildman–Crippen MR) is 83.5 cm³/mol. The van der Waals surface area contributed by atoms with Crippen LogP contribution in [0.25, 0.3) is 0 Å². The van der Waals surface area contributed by atoms with E-state index in [2.05, 4.69) is 19.7 Å². The first kappa shape index (κ1) is 22.0. The quantitative estimate of drug-likeness (QED) is 0.389. The summed E-state index contributed by atoms with van der Waals surface area (Å²) < 4.78 is 20.2. The highest BCUT2D eigenvalue weighted by molar-refractivity contribution is 7.47. The summed E-state index contributed by atoms with van der Waals surface area (Å²) >= 11 is 0. The van der Waals surface area contributed by atoms with Crippen molar-refractivity contribution in [2.24, 2.45) is 5.41 Å². The molecule has 0 bridgehead atoms. The van der Waals surface area contributed by atoms with Gasteiger partial charge in [0, 0.05) is 32.0 Å². The number of phosphoric ester groups is 1. The van der Waals surface area contributed by atoms with Crippen LogP contribution in [0.2, 0.25) is 0 Å². The maximum Gasteiger partial charge on any atom is 0.471 e. The number of nitrogens with one attached hydrogen (secondary N) is 2. The molecule has 0 spiro atoms. The molecule has 0 saturated carbocycles. The van der Waals surface area contributed by atoms with Crippen molar-refractivity contribution >= 4 is 19.6 Å². The molecule has 9 nitrogen and oxygen atoms in total. The third-order valence-corrected chi connectivity index (χ3v) is 3.96. The maximum atomic E-state index is 11.9. The summed E-state index contributed by atoms with van der Waals surface area (Å²) in [4.78, 5) is 32.4. The molecule has 2 atom stereocenters. The lowest BCUT2D eigenvalue weighted by atomic mass is 9.87. The maximum absolute atomic E-state index is 11.9. The summed E-state index contributed by atoms with van der Waals surface area (Å²) in [7, 11) is -3.17. The van der Waals surface area contributed by atoms with E-state index >= 15 is 0 Å². The molecule has 0 rings (SSSR count). The minimum Gasteiger partial charge on any atom is -0.383 e. The molecule has 23 heavy (non-hydrogen) atoms. The van der Waals surface area contributed by atoms with Crippen LogP contribution in [0.15, 0.2) is 0 Å². The molecule has 136 valence electrons. The molecule has 0 aliphatic heterocycles. The number of amides is 2. The Hall–Kier alpha value is -0.990. The number of hydrogen-bond donors (Lipinski definition) is 4. The first-order valence-electron chi connectivity index (χ1n) is 7.31. The SMILES string of the molecule is CCCNC(=O)CCNC(=O)[C@@H](O)C(C)(C)COP(=O)(O)OC. The molecule has 0 fully saturated rings. The van der Waals surface area contributed by atoms with Crippen LogP contribution in [0.3, 0.4) is 0 Å². The number of carbonyl (C=O) groups is 2. The molecule has 4 N–H and O–H groups in total. The topological polar surface area (TPSA) is 134 Å². The highest BCUT2D eigenvalue weighted by Crippen LogP contribution is 2.43. The van der Waals surface area contributed by atoms with Crippen LogP contribution in [0.4, 0.5) is 0 Å². The Bertz CT molecular complexity index is 442. The molecular weight excluding hydrogens is 327 g/mol. The Labute approximate surface area is 136 Å². The van der Waals surface area contributed by atoms with Gasteiger partial charge in [0.15, 0.2) is 0 Å². The number of rotatable bonds is 11.